The van der Waals surface area contributed by atoms with Gasteiger partial charge in [-0.25, -0.2) is 4.79 Å². The number of carboxylic acids is 1. The van der Waals surface area contributed by atoms with Crippen molar-refractivity contribution in [1.82, 2.24) is 5.32 Å². The van der Waals surface area contributed by atoms with E-state index in [1.165, 1.54) is 11.1 Å². The zero-order chi connectivity index (χ0) is 20.8. The number of alkyl carbamates (subject to hydrolysis) is 1. The SMILES string of the molecule is CC1(C)CC1(C)C(CC(=O)O)NC(=O)OCC1c2ccccc2-c2ccccc21. The van der Waals surface area contributed by atoms with Gasteiger partial charge >= 0.3 is 12.1 Å². The lowest BCUT2D eigenvalue weighted by molar-refractivity contribution is -0.138. The van der Waals surface area contributed by atoms with Crippen molar-refractivity contribution in [2.24, 2.45) is 10.8 Å². The first-order chi connectivity index (χ1) is 13.7. The summed E-state index contributed by atoms with van der Waals surface area (Å²) in [4.78, 5) is 23.9. The summed E-state index contributed by atoms with van der Waals surface area (Å²) in [5, 5.41) is 12.1. The van der Waals surface area contributed by atoms with Crippen LogP contribution in [0.2, 0.25) is 0 Å². The monoisotopic (exact) mass is 393 g/mol. The fourth-order valence-corrected chi connectivity index (χ4v) is 4.86. The molecule has 0 aromatic heterocycles. The van der Waals surface area contributed by atoms with Gasteiger partial charge in [-0.2, -0.15) is 0 Å². The van der Waals surface area contributed by atoms with Gasteiger partial charge in [-0.15, -0.1) is 0 Å². The van der Waals surface area contributed by atoms with Crippen molar-refractivity contribution in [1.29, 1.82) is 0 Å². The van der Waals surface area contributed by atoms with Gasteiger partial charge in [0.15, 0.2) is 0 Å². The average Bonchev–Trinajstić information content (AvgIpc) is 3.05. The van der Waals surface area contributed by atoms with E-state index in [2.05, 4.69) is 43.4 Å². The molecule has 2 unspecified atom stereocenters. The van der Waals surface area contributed by atoms with Crippen LogP contribution >= 0.6 is 0 Å². The molecule has 2 aliphatic carbocycles. The zero-order valence-corrected chi connectivity index (χ0v) is 17.1. The van der Waals surface area contributed by atoms with Crippen LogP contribution in [0.3, 0.4) is 0 Å². The molecule has 0 heterocycles. The summed E-state index contributed by atoms with van der Waals surface area (Å²) in [6.45, 7) is 6.45. The maximum absolute atomic E-state index is 12.6. The number of aliphatic carboxylic acids is 1. The fraction of sp³-hybridized carbons (Fsp3) is 0.417. The summed E-state index contributed by atoms with van der Waals surface area (Å²) in [5.74, 6) is -0.933. The van der Waals surface area contributed by atoms with Gasteiger partial charge in [0.2, 0.25) is 0 Å². The molecule has 1 amide bonds. The van der Waals surface area contributed by atoms with Crippen molar-refractivity contribution < 1.29 is 19.4 Å². The third kappa shape index (κ3) is 3.39. The van der Waals surface area contributed by atoms with Crippen molar-refractivity contribution in [3.63, 3.8) is 0 Å². The van der Waals surface area contributed by atoms with E-state index in [9.17, 15) is 14.7 Å². The van der Waals surface area contributed by atoms with Crippen molar-refractivity contribution in [2.75, 3.05) is 6.61 Å². The largest absolute Gasteiger partial charge is 0.481 e. The highest BCUT2D eigenvalue weighted by Crippen LogP contribution is 2.65. The minimum absolute atomic E-state index is 0.00370. The first-order valence-corrected chi connectivity index (χ1v) is 10.1. The van der Waals surface area contributed by atoms with Crippen LogP contribution in [-0.4, -0.2) is 29.8 Å². The number of ether oxygens (including phenoxy) is 1. The normalized spacial score (nSPS) is 22.3. The van der Waals surface area contributed by atoms with Crippen LogP contribution in [0.25, 0.3) is 11.1 Å². The topological polar surface area (TPSA) is 75.6 Å². The molecule has 152 valence electrons. The van der Waals surface area contributed by atoms with Gasteiger partial charge in [0.05, 0.1) is 6.42 Å². The van der Waals surface area contributed by atoms with Crippen LogP contribution < -0.4 is 5.32 Å². The second-order valence-electron chi connectivity index (χ2n) is 9.10. The maximum Gasteiger partial charge on any atom is 0.407 e. The van der Waals surface area contributed by atoms with Crippen molar-refractivity contribution in [2.45, 2.75) is 45.6 Å². The molecular weight excluding hydrogens is 366 g/mol. The number of hydrogen-bond acceptors (Lipinski definition) is 3. The molecule has 0 radical (unpaired) electrons. The van der Waals surface area contributed by atoms with E-state index in [0.717, 1.165) is 17.5 Å². The fourth-order valence-electron chi connectivity index (χ4n) is 4.86. The van der Waals surface area contributed by atoms with E-state index in [1.807, 2.05) is 31.2 Å². The zero-order valence-electron chi connectivity index (χ0n) is 17.1. The lowest BCUT2D eigenvalue weighted by Gasteiger charge is -2.27. The highest BCUT2D eigenvalue weighted by atomic mass is 16.5. The molecule has 1 saturated carbocycles. The molecule has 2 aromatic carbocycles. The van der Waals surface area contributed by atoms with E-state index in [1.54, 1.807) is 0 Å². The molecule has 29 heavy (non-hydrogen) atoms. The molecule has 2 aromatic rings. The van der Waals surface area contributed by atoms with Crippen LogP contribution in [0.4, 0.5) is 4.79 Å². The van der Waals surface area contributed by atoms with Crippen molar-refractivity contribution in [3.8, 4) is 11.1 Å². The highest BCUT2D eigenvalue weighted by Gasteiger charge is 2.62. The van der Waals surface area contributed by atoms with E-state index in [0.29, 0.717) is 0 Å². The van der Waals surface area contributed by atoms with E-state index in [-0.39, 0.29) is 29.8 Å². The van der Waals surface area contributed by atoms with Gasteiger partial charge in [0, 0.05) is 12.0 Å². The molecule has 0 spiro atoms. The Morgan fingerprint density at radius 2 is 1.59 bits per heavy atom. The van der Waals surface area contributed by atoms with Crippen LogP contribution in [0, 0.1) is 10.8 Å². The molecule has 0 aliphatic heterocycles. The number of hydrogen-bond donors (Lipinski definition) is 2. The van der Waals surface area contributed by atoms with Gasteiger partial charge in [-0.1, -0.05) is 69.3 Å². The summed E-state index contributed by atoms with van der Waals surface area (Å²) in [6.07, 6.45) is 0.216. The molecule has 0 bridgehead atoms. The number of rotatable bonds is 6. The standard InChI is InChI=1S/C24H27NO4/c1-23(2)14-24(23,3)20(12-21(26)27)25-22(28)29-13-19-17-10-6-4-8-15(17)16-9-5-7-11-18(16)19/h4-11,19-20H,12-14H2,1-3H3,(H,25,28)(H,26,27). The van der Waals surface area contributed by atoms with E-state index >= 15 is 0 Å². The number of carbonyl (C=O) groups excluding carboxylic acids is 1. The number of carbonyl (C=O) groups is 2. The Labute approximate surface area is 171 Å². The summed E-state index contributed by atoms with van der Waals surface area (Å²) < 4.78 is 5.60. The molecule has 4 rings (SSSR count). The number of benzene rings is 2. The Kier molecular flexibility index (Phi) is 4.64. The summed E-state index contributed by atoms with van der Waals surface area (Å²) in [7, 11) is 0. The van der Waals surface area contributed by atoms with Crippen LogP contribution in [0.1, 0.15) is 50.7 Å². The molecule has 5 nitrogen and oxygen atoms in total. The van der Waals surface area contributed by atoms with Crippen LogP contribution in [-0.2, 0) is 9.53 Å². The Hall–Kier alpha value is -2.82. The van der Waals surface area contributed by atoms with Gasteiger partial charge < -0.3 is 15.2 Å². The quantitative estimate of drug-likeness (QED) is 0.739. The van der Waals surface area contributed by atoms with Crippen LogP contribution in [0.15, 0.2) is 48.5 Å². The number of carboxylic acid groups (broad SMARTS) is 1. The Bertz CT molecular complexity index is 921. The van der Waals surface area contributed by atoms with Crippen molar-refractivity contribution >= 4 is 12.1 Å². The lowest BCUT2D eigenvalue weighted by Crippen LogP contribution is -2.44. The lowest BCUT2D eigenvalue weighted by atomic mass is 9.88. The minimum Gasteiger partial charge on any atom is -0.481 e. The number of fused-ring (bicyclic) bond motifs is 3. The summed E-state index contributed by atoms with van der Waals surface area (Å²) >= 11 is 0. The summed E-state index contributed by atoms with van der Waals surface area (Å²) in [6, 6.07) is 15.9. The predicted molar refractivity (Wildman–Crippen MR) is 111 cm³/mol. The Morgan fingerprint density at radius 3 is 2.07 bits per heavy atom. The molecule has 2 atom stereocenters. The molecule has 1 fully saturated rings. The molecule has 2 N–H and O–H groups in total. The first-order valence-electron chi connectivity index (χ1n) is 10.1. The third-order valence-electron chi connectivity index (χ3n) is 7.01. The molecular formula is C24H27NO4. The molecule has 0 saturated heterocycles. The number of amides is 1. The second kappa shape index (κ2) is 6.90. The van der Waals surface area contributed by atoms with Gasteiger partial charge in [0.25, 0.3) is 0 Å². The second-order valence-corrected chi connectivity index (χ2v) is 9.10. The summed E-state index contributed by atoms with van der Waals surface area (Å²) in [5.41, 5.74) is 4.42. The highest BCUT2D eigenvalue weighted by molar-refractivity contribution is 5.79. The Morgan fingerprint density at radius 1 is 1.07 bits per heavy atom. The van der Waals surface area contributed by atoms with Crippen molar-refractivity contribution in [3.05, 3.63) is 59.7 Å². The minimum atomic E-state index is -0.919. The van der Waals surface area contributed by atoms with Gasteiger partial charge in [-0.3, -0.25) is 4.79 Å². The number of nitrogens with one attached hydrogen (secondary N) is 1. The van der Waals surface area contributed by atoms with Gasteiger partial charge in [0.1, 0.15) is 6.61 Å². The molecule has 2 aliphatic rings. The Balaban J connectivity index is 1.46. The first kappa shape index (κ1) is 19.5. The predicted octanol–water partition coefficient (Wildman–Crippen LogP) is 4.80. The van der Waals surface area contributed by atoms with Crippen LogP contribution in [0.5, 0.6) is 0 Å². The third-order valence-corrected chi connectivity index (χ3v) is 7.01. The van der Waals surface area contributed by atoms with E-state index in [4.69, 9.17) is 4.74 Å². The average molecular weight is 393 g/mol. The maximum atomic E-state index is 12.6. The smallest absolute Gasteiger partial charge is 0.407 e. The molecule has 5 heteroatoms. The van der Waals surface area contributed by atoms with E-state index < -0.39 is 18.1 Å². The van der Waals surface area contributed by atoms with Gasteiger partial charge in [-0.05, 0) is 39.5 Å².